The average Bonchev–Trinajstić information content (AvgIpc) is 2.98. The molecule has 0 fully saturated rings. The number of carbonyl (C=O) groups excluding carboxylic acids is 1. The third-order valence-electron chi connectivity index (χ3n) is 2.62. The van der Waals surface area contributed by atoms with Crippen LogP contribution in [0.25, 0.3) is 5.82 Å². The number of nitrogens with zero attached hydrogens (tertiary/aromatic N) is 3. The molecule has 0 atom stereocenters. The minimum atomic E-state index is -0.175. The van der Waals surface area contributed by atoms with Gasteiger partial charge in [-0.3, -0.25) is 4.79 Å². The fourth-order valence-corrected chi connectivity index (χ4v) is 1.64. The molecule has 6 heteroatoms. The Morgan fingerprint density at radius 3 is 2.95 bits per heavy atom. The van der Waals surface area contributed by atoms with Gasteiger partial charge < -0.3 is 11.1 Å². The quantitative estimate of drug-likeness (QED) is 0.749. The number of hydrogen-bond acceptors (Lipinski definition) is 4. The van der Waals surface area contributed by atoms with Crippen molar-refractivity contribution in [1.29, 1.82) is 0 Å². The Labute approximate surface area is 111 Å². The lowest BCUT2D eigenvalue weighted by Crippen LogP contribution is -2.26. The number of aromatic nitrogens is 3. The average molecular weight is 259 g/mol. The van der Waals surface area contributed by atoms with E-state index in [4.69, 9.17) is 5.73 Å². The smallest absolute Gasteiger partial charge is 0.269 e. The first-order chi connectivity index (χ1) is 9.31. The van der Waals surface area contributed by atoms with Crippen molar-refractivity contribution in [2.24, 2.45) is 5.73 Å². The molecular formula is C13H17N5O. The number of nitrogens with one attached hydrogen (secondary N) is 1. The van der Waals surface area contributed by atoms with Crippen LogP contribution >= 0.6 is 0 Å². The number of unbranched alkanes of at least 4 members (excludes halogenated alkanes) is 1. The Kier molecular flexibility index (Phi) is 4.63. The number of hydrogen-bond donors (Lipinski definition) is 2. The topological polar surface area (TPSA) is 85.8 Å². The Morgan fingerprint density at radius 1 is 1.32 bits per heavy atom. The summed E-state index contributed by atoms with van der Waals surface area (Å²) in [5.74, 6) is 0.450. The molecule has 3 N–H and O–H groups in total. The molecule has 2 aromatic heterocycles. The van der Waals surface area contributed by atoms with Gasteiger partial charge in [0, 0.05) is 18.9 Å². The molecule has 0 aromatic carbocycles. The Bertz CT molecular complexity index is 524. The Morgan fingerprint density at radius 2 is 2.21 bits per heavy atom. The van der Waals surface area contributed by atoms with E-state index in [1.807, 2.05) is 0 Å². The summed E-state index contributed by atoms with van der Waals surface area (Å²) in [6.45, 7) is 1.26. The molecule has 100 valence electrons. The normalized spacial score (nSPS) is 10.4. The van der Waals surface area contributed by atoms with E-state index >= 15 is 0 Å². The van der Waals surface area contributed by atoms with Crippen LogP contribution in [0, 0.1) is 0 Å². The van der Waals surface area contributed by atoms with Crippen molar-refractivity contribution in [3.05, 3.63) is 42.4 Å². The molecule has 0 bridgehead atoms. The first kappa shape index (κ1) is 13.2. The first-order valence-corrected chi connectivity index (χ1v) is 6.26. The number of rotatable bonds is 6. The van der Waals surface area contributed by atoms with Gasteiger partial charge in [-0.15, -0.1) is 0 Å². The highest BCUT2D eigenvalue weighted by Gasteiger charge is 2.08. The molecule has 0 aliphatic carbocycles. The summed E-state index contributed by atoms with van der Waals surface area (Å²) in [4.78, 5) is 16.2. The van der Waals surface area contributed by atoms with E-state index in [1.165, 1.54) is 0 Å². The summed E-state index contributed by atoms with van der Waals surface area (Å²) in [7, 11) is 0. The minimum Gasteiger partial charge on any atom is -0.351 e. The van der Waals surface area contributed by atoms with Gasteiger partial charge >= 0.3 is 0 Å². The largest absolute Gasteiger partial charge is 0.351 e. The monoisotopic (exact) mass is 259 g/mol. The van der Waals surface area contributed by atoms with Gasteiger partial charge in [-0.1, -0.05) is 6.07 Å². The van der Waals surface area contributed by atoms with Crippen LogP contribution in [0.15, 0.2) is 36.7 Å². The molecule has 0 spiro atoms. The summed E-state index contributed by atoms with van der Waals surface area (Å²) in [6, 6.07) is 7.09. The molecule has 2 rings (SSSR count). The van der Waals surface area contributed by atoms with Crippen LogP contribution in [0.1, 0.15) is 23.3 Å². The van der Waals surface area contributed by atoms with Crippen LogP contribution in [0.3, 0.4) is 0 Å². The second-order valence-electron chi connectivity index (χ2n) is 4.08. The van der Waals surface area contributed by atoms with Crippen molar-refractivity contribution in [2.45, 2.75) is 12.8 Å². The van der Waals surface area contributed by atoms with Gasteiger partial charge in [-0.05, 0) is 37.6 Å². The van der Waals surface area contributed by atoms with E-state index in [-0.39, 0.29) is 5.91 Å². The van der Waals surface area contributed by atoms with Gasteiger partial charge in [-0.25, -0.2) is 9.67 Å². The molecular weight excluding hydrogens is 242 g/mol. The van der Waals surface area contributed by atoms with Crippen molar-refractivity contribution < 1.29 is 4.79 Å². The van der Waals surface area contributed by atoms with Crippen molar-refractivity contribution >= 4 is 5.91 Å². The lowest BCUT2D eigenvalue weighted by Gasteiger charge is -2.06. The fourth-order valence-electron chi connectivity index (χ4n) is 1.64. The van der Waals surface area contributed by atoms with E-state index in [9.17, 15) is 4.79 Å². The van der Waals surface area contributed by atoms with Gasteiger partial charge in [0.05, 0.1) is 0 Å². The van der Waals surface area contributed by atoms with Gasteiger partial charge in [-0.2, -0.15) is 5.10 Å². The fraction of sp³-hybridized carbons (Fsp3) is 0.308. The first-order valence-electron chi connectivity index (χ1n) is 6.26. The van der Waals surface area contributed by atoms with Crippen LogP contribution in [0.4, 0.5) is 0 Å². The molecule has 1 amide bonds. The van der Waals surface area contributed by atoms with E-state index in [0.717, 1.165) is 12.8 Å². The maximum absolute atomic E-state index is 11.9. The zero-order valence-corrected chi connectivity index (χ0v) is 10.6. The molecule has 0 aliphatic rings. The summed E-state index contributed by atoms with van der Waals surface area (Å²) in [5, 5.41) is 6.90. The Balaban J connectivity index is 2.00. The van der Waals surface area contributed by atoms with Crippen LogP contribution < -0.4 is 11.1 Å². The zero-order chi connectivity index (χ0) is 13.5. The molecule has 0 aliphatic heterocycles. The molecule has 2 aromatic rings. The van der Waals surface area contributed by atoms with Crippen molar-refractivity contribution in [3.8, 4) is 5.82 Å². The highest BCUT2D eigenvalue weighted by Crippen LogP contribution is 2.04. The third-order valence-corrected chi connectivity index (χ3v) is 2.62. The summed E-state index contributed by atoms with van der Waals surface area (Å²) >= 11 is 0. The number of amides is 1. The van der Waals surface area contributed by atoms with Crippen LogP contribution in [0.5, 0.6) is 0 Å². The van der Waals surface area contributed by atoms with E-state index in [0.29, 0.717) is 24.6 Å². The lowest BCUT2D eigenvalue weighted by atomic mass is 10.3. The molecule has 19 heavy (non-hydrogen) atoms. The van der Waals surface area contributed by atoms with Gasteiger partial charge in [0.1, 0.15) is 5.69 Å². The second kappa shape index (κ2) is 6.65. The summed E-state index contributed by atoms with van der Waals surface area (Å²) in [5.41, 5.74) is 5.79. The van der Waals surface area contributed by atoms with Crippen LogP contribution in [-0.4, -0.2) is 33.8 Å². The number of nitrogens with two attached hydrogens (primary N) is 1. The highest BCUT2D eigenvalue weighted by atomic mass is 16.1. The van der Waals surface area contributed by atoms with E-state index in [2.05, 4.69) is 15.4 Å². The van der Waals surface area contributed by atoms with E-state index < -0.39 is 0 Å². The minimum absolute atomic E-state index is 0.175. The molecule has 0 unspecified atom stereocenters. The zero-order valence-electron chi connectivity index (χ0n) is 10.6. The van der Waals surface area contributed by atoms with E-state index in [1.54, 1.807) is 41.3 Å². The molecule has 0 saturated carbocycles. The third kappa shape index (κ3) is 3.62. The SMILES string of the molecule is NCCCCNC(=O)c1cccc(-n2cccn2)n1. The second-order valence-corrected chi connectivity index (χ2v) is 4.08. The maximum Gasteiger partial charge on any atom is 0.269 e. The lowest BCUT2D eigenvalue weighted by molar-refractivity contribution is 0.0948. The predicted octanol–water partition coefficient (Wildman–Crippen LogP) is 0.736. The highest BCUT2D eigenvalue weighted by molar-refractivity contribution is 5.92. The van der Waals surface area contributed by atoms with Crippen molar-refractivity contribution in [2.75, 3.05) is 13.1 Å². The number of carbonyl (C=O) groups is 1. The number of pyridine rings is 1. The maximum atomic E-state index is 11.9. The summed E-state index contributed by atoms with van der Waals surface area (Å²) in [6.07, 6.45) is 5.23. The molecule has 0 radical (unpaired) electrons. The molecule has 6 nitrogen and oxygen atoms in total. The van der Waals surface area contributed by atoms with Crippen molar-refractivity contribution in [1.82, 2.24) is 20.1 Å². The van der Waals surface area contributed by atoms with Crippen LogP contribution in [0.2, 0.25) is 0 Å². The molecule has 2 heterocycles. The van der Waals surface area contributed by atoms with Crippen molar-refractivity contribution in [3.63, 3.8) is 0 Å². The van der Waals surface area contributed by atoms with Gasteiger partial charge in [0.25, 0.3) is 5.91 Å². The Hall–Kier alpha value is -2.21. The summed E-state index contributed by atoms with van der Waals surface area (Å²) < 4.78 is 1.62. The predicted molar refractivity (Wildman–Crippen MR) is 72.0 cm³/mol. The van der Waals surface area contributed by atoms with Gasteiger partial charge in [0.2, 0.25) is 0 Å². The van der Waals surface area contributed by atoms with Crippen LogP contribution in [-0.2, 0) is 0 Å². The molecule has 0 saturated heterocycles. The van der Waals surface area contributed by atoms with Gasteiger partial charge in [0.15, 0.2) is 5.82 Å². The standard InChI is InChI=1S/C13H17N5O/c14-7-1-2-8-15-13(19)11-5-3-6-12(17-11)18-10-4-9-16-18/h3-6,9-10H,1-2,7-8,14H2,(H,15,19).